The Morgan fingerprint density at radius 1 is 0.446 bits per heavy atom. The lowest BCUT2D eigenvalue weighted by molar-refractivity contribution is -0.185. The van der Waals surface area contributed by atoms with Crippen molar-refractivity contribution in [1.82, 2.24) is 0 Å². The zero-order valence-electron chi connectivity index (χ0n) is 62.9. The van der Waals surface area contributed by atoms with Gasteiger partial charge in [-0.05, 0) is 57.2 Å². The van der Waals surface area contributed by atoms with Gasteiger partial charge in [-0.1, -0.05) is 124 Å². The summed E-state index contributed by atoms with van der Waals surface area (Å²) < 4.78 is 79.0. The monoisotopic (exact) mass is 1440 g/mol. The van der Waals surface area contributed by atoms with Gasteiger partial charge < -0.3 is 108 Å². The van der Waals surface area contributed by atoms with Crippen molar-refractivity contribution in [3.63, 3.8) is 0 Å². The number of carbonyl (C=O) groups is 3. The van der Waals surface area contributed by atoms with Gasteiger partial charge in [0.15, 0.2) is 11.6 Å². The molecule has 582 valence electrons. The molecule has 11 rings (SSSR count). The normalized spacial score (nSPS) is 29.0. The van der Waals surface area contributed by atoms with Crippen LogP contribution in [-0.4, -0.2) is 262 Å². The van der Waals surface area contributed by atoms with Crippen LogP contribution in [0.2, 0.25) is 0 Å². The number of ether oxygens (including phenoxy) is 15. The molecule has 0 radical (unpaired) electrons. The van der Waals surface area contributed by atoms with E-state index in [1.807, 2.05) is 80.6 Å². The molecule has 0 aromatic heterocycles. The minimum Gasteiger partial charge on any atom is -0.400 e. The highest BCUT2D eigenvalue weighted by Crippen LogP contribution is 2.28. The zero-order chi connectivity index (χ0) is 75.2. The second-order valence-electron chi connectivity index (χ2n) is 25.5. The maximum absolute atomic E-state index is 11.4. The Balaban J connectivity index is 0.000000575. The first-order chi connectivity index (χ1) is 48.6. The van der Waals surface area contributed by atoms with Gasteiger partial charge >= 0.3 is 0 Å². The smallest absolute Gasteiger partial charge is 0.189 e. The Hall–Kier alpha value is -4.21. The van der Waals surface area contributed by atoms with Gasteiger partial charge in [0, 0.05) is 133 Å². The van der Waals surface area contributed by atoms with E-state index in [1.54, 1.807) is 35.4 Å². The summed E-state index contributed by atoms with van der Waals surface area (Å²) in [4.78, 5) is 32.9. The maximum Gasteiger partial charge on any atom is 0.189 e. The van der Waals surface area contributed by atoms with Gasteiger partial charge in [0.05, 0.1) is 115 Å². The Morgan fingerprint density at radius 2 is 0.861 bits per heavy atom. The molecule has 9 N–H and O–H groups in total. The highest BCUT2D eigenvalue weighted by molar-refractivity contribution is 5.88. The van der Waals surface area contributed by atoms with E-state index in [9.17, 15) is 24.6 Å². The number of carbonyl (C=O) groups excluding carboxylic acids is 3. The summed E-state index contributed by atoms with van der Waals surface area (Å²) in [5.74, 6) is 0.532. The van der Waals surface area contributed by atoms with Gasteiger partial charge in [-0.3, -0.25) is 14.4 Å². The Bertz CT molecular complexity index is 2430. The van der Waals surface area contributed by atoms with Crippen molar-refractivity contribution in [1.29, 1.82) is 0 Å². The molecule has 25 heteroatoms. The van der Waals surface area contributed by atoms with Crippen molar-refractivity contribution < 1.29 is 111 Å². The highest BCUT2D eigenvalue weighted by atomic mass is 16.6. The van der Waals surface area contributed by atoms with E-state index < -0.39 is 35.1 Å². The lowest BCUT2D eigenvalue weighted by Crippen LogP contribution is -2.50. The van der Waals surface area contributed by atoms with E-state index in [0.717, 1.165) is 65.1 Å². The van der Waals surface area contributed by atoms with Gasteiger partial charge in [-0.15, -0.1) is 0 Å². The van der Waals surface area contributed by atoms with Gasteiger partial charge in [-0.25, -0.2) is 0 Å². The summed E-state index contributed by atoms with van der Waals surface area (Å²) in [5.41, 5.74) is 13.2. The van der Waals surface area contributed by atoms with Crippen LogP contribution in [0.4, 0.5) is 0 Å². The Kier molecular flexibility index (Phi) is 53.6. The first-order valence-corrected chi connectivity index (χ1v) is 35.5. The molecule has 3 aromatic carbocycles. The first kappa shape index (κ1) is 94.8. The molecule has 8 heterocycles. The van der Waals surface area contributed by atoms with E-state index in [2.05, 4.69) is 45.0 Å². The third-order valence-electron chi connectivity index (χ3n) is 18.0. The van der Waals surface area contributed by atoms with Crippen LogP contribution in [0.3, 0.4) is 0 Å². The number of ketones is 3. The number of aliphatic hydroxyl groups excluding tert-OH is 5. The molecule has 0 bridgehead atoms. The second kappa shape index (κ2) is 57.1. The number of hydrogen-bond acceptors (Lipinski definition) is 25. The van der Waals surface area contributed by atoms with Crippen molar-refractivity contribution in [3.05, 3.63) is 108 Å². The van der Waals surface area contributed by atoms with Crippen LogP contribution in [0, 0.1) is 0 Å². The molecule has 12 atom stereocenters. The molecule has 8 aliphatic rings. The summed E-state index contributed by atoms with van der Waals surface area (Å²) in [5, 5.41) is 41.7. The molecule has 0 aliphatic carbocycles. The summed E-state index contributed by atoms with van der Waals surface area (Å²) in [6.07, 6.45) is 8.81. The van der Waals surface area contributed by atoms with Crippen molar-refractivity contribution in [2.45, 2.75) is 210 Å². The largest absolute Gasteiger partial charge is 0.400 e. The second-order valence-corrected chi connectivity index (χ2v) is 25.5. The first-order valence-electron chi connectivity index (χ1n) is 35.5. The average molecular weight is 1440 g/mol. The fourth-order valence-electron chi connectivity index (χ4n) is 9.97. The number of benzene rings is 3. The average Bonchev–Trinajstić information content (AvgIpc) is 0.862. The van der Waals surface area contributed by atoms with E-state index in [0.29, 0.717) is 137 Å². The topological polar surface area (TPSA) is 343 Å². The molecule has 25 nitrogen and oxygen atoms in total. The molecule has 0 amide bonds. The standard InChI is InChI=1S/C14H20O3.C12H17NO2.C12H14O3.2C7H14O3.C7H12O3.C5H11NO2.C5H8O2.C5H12.2CH4O/c1-14(15-2)8-9-16-11-13(14)17-10-12-6-4-3-5-7-12;2*13-11-6-7-14-9-12(11)15-8-10-4-2-1-3-5-10;3*1-7(9-2)3-4-10-5-6(7)8;6-4-1-2-8-3-5(4)7;6-5-1-3-7-4-2-5;1-3-5-4-2;2*1-2/h3-7,13H,8-11H2,1-2H3;1-5,11-12H,6-9,13H2;1-5,12H,6-9H2;2*6,8H,3-5H2,1-2H3;3-5H2,1-2H3;4-5,7H,1-3,6H2;1-4H2;3-5H2,1-2H3;2*2H,1H3/t13-,14?;11-,12-;12-;6-,7?;;;4-,5-;;;;/m0000..0..../s1. The SMILES string of the molecule is CCCCC.CO.CO.COC1(C)CCOCC1=O.COC1(C)CCOCC1O.COC1(C)CCOC[C@@H]1O.COC1(C)CCOC[C@@H]1OCc1ccccc1.N[C@H]1CCOC[C@@H]1O.N[C@H]1CCOC[C@@H]1OCc1ccccc1.O=C1CCOCC1.O=C1CCOC[C@@H]1OCc1ccccc1. The molecule has 8 saturated heterocycles. The highest BCUT2D eigenvalue weighted by Gasteiger charge is 2.40. The number of unbranched alkanes of at least 4 members (excludes halogenated alkanes) is 2. The molecule has 101 heavy (non-hydrogen) atoms. The molecule has 0 saturated carbocycles. The lowest BCUT2D eigenvalue weighted by Gasteiger charge is -2.39. The van der Waals surface area contributed by atoms with E-state index in [4.69, 9.17) is 97.8 Å². The van der Waals surface area contributed by atoms with Crippen LogP contribution in [0.15, 0.2) is 91.0 Å². The van der Waals surface area contributed by atoms with Gasteiger partial charge in [0.25, 0.3) is 0 Å². The lowest BCUT2D eigenvalue weighted by atomic mass is 9.93. The zero-order valence-corrected chi connectivity index (χ0v) is 62.9. The van der Waals surface area contributed by atoms with Crippen molar-refractivity contribution >= 4 is 17.3 Å². The quantitative estimate of drug-likeness (QED) is 0.0815. The van der Waals surface area contributed by atoms with E-state index in [1.165, 1.54) is 30.4 Å². The van der Waals surface area contributed by atoms with Gasteiger partial charge in [0.2, 0.25) is 0 Å². The van der Waals surface area contributed by atoms with Crippen LogP contribution < -0.4 is 11.5 Å². The number of nitrogens with two attached hydrogens (primary N) is 2. The van der Waals surface area contributed by atoms with Crippen LogP contribution in [0.25, 0.3) is 0 Å². The number of Topliss-reactive ketones (excluding diaryl/α,β-unsaturated/α-hetero) is 3. The number of rotatable bonds is 15. The predicted octanol–water partition coefficient (Wildman–Crippen LogP) is 6.88. The van der Waals surface area contributed by atoms with Crippen LogP contribution in [0.1, 0.15) is 135 Å². The molecular weight excluding hydrogens is 1310 g/mol. The molecule has 5 unspecified atom stereocenters. The fourth-order valence-corrected chi connectivity index (χ4v) is 9.97. The number of methoxy groups -OCH3 is 4. The van der Waals surface area contributed by atoms with Crippen molar-refractivity contribution in [2.75, 3.05) is 148 Å². The molecule has 8 fully saturated rings. The minimum atomic E-state index is -0.585. The fraction of sp³-hybridized carbons (Fsp3) is 0.724. The summed E-state index contributed by atoms with van der Waals surface area (Å²) in [7, 11) is 8.54. The maximum atomic E-state index is 11.4. The third-order valence-corrected chi connectivity index (χ3v) is 18.0. The van der Waals surface area contributed by atoms with Crippen molar-refractivity contribution in [2.24, 2.45) is 11.5 Å². The summed E-state index contributed by atoms with van der Waals surface area (Å²) in [6, 6.07) is 30.2. The van der Waals surface area contributed by atoms with Crippen LogP contribution in [0.5, 0.6) is 0 Å². The third kappa shape index (κ3) is 39.6. The number of aliphatic hydroxyl groups is 5. The summed E-state index contributed by atoms with van der Waals surface area (Å²) in [6.45, 7) is 22.8. The Labute approximate surface area is 603 Å². The van der Waals surface area contributed by atoms with Gasteiger partial charge in [0.1, 0.15) is 42.4 Å². The van der Waals surface area contributed by atoms with Crippen molar-refractivity contribution in [3.8, 4) is 0 Å². The number of hydrogen-bond donors (Lipinski definition) is 7. The molecule has 0 spiro atoms. The van der Waals surface area contributed by atoms with E-state index in [-0.39, 0.29) is 54.2 Å². The Morgan fingerprint density at radius 3 is 1.23 bits per heavy atom. The van der Waals surface area contributed by atoms with Gasteiger partial charge in [-0.2, -0.15) is 0 Å². The van der Waals surface area contributed by atoms with E-state index >= 15 is 0 Å². The molecule has 8 aliphatic heterocycles. The van der Waals surface area contributed by atoms with Crippen LogP contribution in [-0.2, 0) is 105 Å². The predicted molar refractivity (Wildman–Crippen MR) is 385 cm³/mol. The minimum absolute atomic E-state index is 0.00135. The molecular formula is C76H130N2O23. The summed E-state index contributed by atoms with van der Waals surface area (Å²) >= 11 is 0. The van der Waals surface area contributed by atoms with Crippen LogP contribution >= 0.6 is 0 Å². The molecule has 3 aromatic rings.